The molecule has 0 radical (unpaired) electrons. The SMILES string of the molecule is CC(C)(C)C(=O)C(O)(CO)CO[Si](C)(C)C(C)(C)C. The van der Waals surface area contributed by atoms with Crippen molar-refractivity contribution in [2.75, 3.05) is 13.2 Å². The van der Waals surface area contributed by atoms with Crippen molar-refractivity contribution < 1.29 is 19.4 Å². The lowest BCUT2D eigenvalue weighted by atomic mass is 9.81. The summed E-state index contributed by atoms with van der Waals surface area (Å²) >= 11 is 0. The highest BCUT2D eigenvalue weighted by Gasteiger charge is 2.45. The summed E-state index contributed by atoms with van der Waals surface area (Å²) in [5.41, 5.74) is -2.53. The number of carbonyl (C=O) groups excluding carboxylic acids is 1. The van der Waals surface area contributed by atoms with Crippen molar-refractivity contribution in [3.63, 3.8) is 0 Å². The second-order valence-corrected chi connectivity index (χ2v) is 12.6. The normalized spacial score (nSPS) is 17.2. The molecule has 0 aliphatic carbocycles. The monoisotopic (exact) mass is 290 g/mol. The number of aliphatic hydroxyl groups is 2. The maximum Gasteiger partial charge on any atom is 0.192 e. The van der Waals surface area contributed by atoms with Crippen molar-refractivity contribution in [1.29, 1.82) is 0 Å². The molecule has 0 saturated heterocycles. The number of hydrogen-bond donors (Lipinski definition) is 2. The van der Waals surface area contributed by atoms with Gasteiger partial charge in [0, 0.05) is 5.41 Å². The Balaban J connectivity index is 4.99. The van der Waals surface area contributed by atoms with Crippen LogP contribution in [0, 0.1) is 5.41 Å². The fourth-order valence-electron chi connectivity index (χ4n) is 1.40. The minimum atomic E-state index is -2.06. The molecule has 0 aliphatic rings. The van der Waals surface area contributed by atoms with Gasteiger partial charge in [-0.3, -0.25) is 4.79 Å². The summed E-state index contributed by atoms with van der Waals surface area (Å²) in [4.78, 5) is 12.2. The van der Waals surface area contributed by atoms with E-state index in [-0.39, 0.29) is 17.4 Å². The van der Waals surface area contributed by atoms with Gasteiger partial charge in [0.05, 0.1) is 13.2 Å². The molecule has 0 rings (SSSR count). The van der Waals surface area contributed by atoms with Crippen LogP contribution in [0.3, 0.4) is 0 Å². The maximum atomic E-state index is 12.2. The minimum absolute atomic E-state index is 0.00581. The summed E-state index contributed by atoms with van der Waals surface area (Å²) < 4.78 is 5.87. The van der Waals surface area contributed by atoms with Crippen LogP contribution in [0.2, 0.25) is 18.1 Å². The first-order valence-electron chi connectivity index (χ1n) is 6.69. The molecule has 0 aliphatic heterocycles. The predicted molar refractivity (Wildman–Crippen MR) is 79.6 cm³/mol. The van der Waals surface area contributed by atoms with Crippen molar-refractivity contribution in [3.8, 4) is 0 Å². The summed E-state index contributed by atoms with van der Waals surface area (Å²) in [5.74, 6) is -0.388. The molecule has 0 aromatic rings. The van der Waals surface area contributed by atoms with Gasteiger partial charge in [-0.2, -0.15) is 0 Å². The lowest BCUT2D eigenvalue weighted by molar-refractivity contribution is -0.154. The summed E-state index contributed by atoms with van der Waals surface area (Å²) in [7, 11) is -2.06. The molecule has 5 heteroatoms. The highest BCUT2D eigenvalue weighted by atomic mass is 28.4. The van der Waals surface area contributed by atoms with Gasteiger partial charge >= 0.3 is 0 Å². The van der Waals surface area contributed by atoms with Crippen LogP contribution in [0.4, 0.5) is 0 Å². The summed E-state index contributed by atoms with van der Waals surface area (Å²) in [6, 6.07) is 0. The molecule has 2 N–H and O–H groups in total. The zero-order valence-electron chi connectivity index (χ0n) is 13.6. The topological polar surface area (TPSA) is 66.8 Å². The largest absolute Gasteiger partial charge is 0.413 e. The molecule has 0 aromatic heterocycles. The van der Waals surface area contributed by atoms with Crippen LogP contribution < -0.4 is 0 Å². The summed E-state index contributed by atoms with van der Waals surface area (Å²) in [5, 5.41) is 19.7. The van der Waals surface area contributed by atoms with E-state index in [4.69, 9.17) is 4.43 Å². The van der Waals surface area contributed by atoms with Gasteiger partial charge < -0.3 is 14.6 Å². The van der Waals surface area contributed by atoms with Crippen molar-refractivity contribution >= 4 is 14.1 Å². The fourth-order valence-corrected chi connectivity index (χ4v) is 2.43. The average Bonchev–Trinajstić information content (AvgIpc) is 2.22. The molecule has 114 valence electrons. The molecule has 4 nitrogen and oxygen atoms in total. The van der Waals surface area contributed by atoms with Crippen LogP contribution in [0.1, 0.15) is 41.5 Å². The Bertz CT molecular complexity index is 325. The minimum Gasteiger partial charge on any atom is -0.413 e. The van der Waals surface area contributed by atoms with E-state index < -0.39 is 25.9 Å². The third kappa shape index (κ3) is 4.67. The number of hydrogen-bond acceptors (Lipinski definition) is 4. The summed E-state index contributed by atoms with van der Waals surface area (Å²) in [6.45, 7) is 14.8. The van der Waals surface area contributed by atoms with Crippen LogP contribution in [0.25, 0.3) is 0 Å². The van der Waals surface area contributed by atoms with E-state index in [0.717, 1.165) is 0 Å². The highest BCUT2D eigenvalue weighted by Crippen LogP contribution is 2.37. The van der Waals surface area contributed by atoms with Crippen LogP contribution in [-0.4, -0.2) is 43.1 Å². The van der Waals surface area contributed by atoms with E-state index >= 15 is 0 Å². The smallest absolute Gasteiger partial charge is 0.192 e. The second kappa shape index (κ2) is 5.64. The van der Waals surface area contributed by atoms with E-state index in [1.807, 2.05) is 13.1 Å². The Morgan fingerprint density at radius 2 is 1.53 bits per heavy atom. The van der Waals surface area contributed by atoms with Crippen molar-refractivity contribution in [1.82, 2.24) is 0 Å². The molecule has 0 heterocycles. The van der Waals surface area contributed by atoms with Crippen molar-refractivity contribution in [2.45, 2.75) is 65.3 Å². The standard InChI is InChI=1S/C14H30O4Si/c1-12(2,3)11(16)14(17,9-15)10-18-19(7,8)13(4,5)6/h15,17H,9-10H2,1-8H3. The van der Waals surface area contributed by atoms with Crippen LogP contribution >= 0.6 is 0 Å². The third-order valence-corrected chi connectivity index (χ3v) is 8.32. The lowest BCUT2D eigenvalue weighted by Crippen LogP contribution is -2.55. The average molecular weight is 290 g/mol. The van der Waals surface area contributed by atoms with Gasteiger partial charge in [0.25, 0.3) is 0 Å². The molecular formula is C14H30O4Si. The molecule has 0 spiro atoms. The molecule has 0 fully saturated rings. The second-order valence-electron chi connectivity index (χ2n) is 7.82. The van der Waals surface area contributed by atoms with Gasteiger partial charge in [0.15, 0.2) is 19.7 Å². The summed E-state index contributed by atoms with van der Waals surface area (Å²) in [6.07, 6.45) is 0. The first-order chi connectivity index (χ1) is 8.17. The van der Waals surface area contributed by atoms with E-state index in [1.165, 1.54) is 0 Å². The Morgan fingerprint density at radius 1 is 1.11 bits per heavy atom. The van der Waals surface area contributed by atoms with Crippen LogP contribution in [0.5, 0.6) is 0 Å². The van der Waals surface area contributed by atoms with E-state index in [9.17, 15) is 15.0 Å². The Morgan fingerprint density at radius 3 is 1.79 bits per heavy atom. The van der Waals surface area contributed by atoms with Crippen LogP contribution in [-0.2, 0) is 9.22 Å². The van der Waals surface area contributed by atoms with Gasteiger partial charge in [-0.15, -0.1) is 0 Å². The number of aliphatic hydroxyl groups excluding tert-OH is 1. The van der Waals surface area contributed by atoms with Gasteiger partial charge in [0.2, 0.25) is 0 Å². The van der Waals surface area contributed by atoms with Crippen LogP contribution in [0.15, 0.2) is 0 Å². The zero-order chi connectivity index (χ0) is 15.7. The molecule has 1 unspecified atom stereocenters. The molecule has 0 bridgehead atoms. The Kier molecular flexibility index (Phi) is 5.57. The highest BCUT2D eigenvalue weighted by molar-refractivity contribution is 6.74. The molecule has 1 atom stereocenters. The van der Waals surface area contributed by atoms with Crippen molar-refractivity contribution in [2.24, 2.45) is 5.41 Å². The third-order valence-electron chi connectivity index (χ3n) is 3.84. The predicted octanol–water partition coefficient (Wildman–Crippen LogP) is 2.35. The number of rotatable bonds is 5. The van der Waals surface area contributed by atoms with Gasteiger partial charge in [-0.05, 0) is 18.1 Å². The quantitative estimate of drug-likeness (QED) is 0.763. The Hall–Kier alpha value is -0.233. The first-order valence-corrected chi connectivity index (χ1v) is 9.60. The molecule has 0 aromatic carbocycles. The van der Waals surface area contributed by atoms with E-state index in [2.05, 4.69) is 20.8 Å². The number of ketones is 1. The molecule has 0 saturated carbocycles. The van der Waals surface area contributed by atoms with Gasteiger partial charge in [0.1, 0.15) is 0 Å². The first kappa shape index (κ1) is 18.8. The Labute approximate surface area is 118 Å². The molecule has 19 heavy (non-hydrogen) atoms. The maximum absolute atomic E-state index is 12.2. The number of Topliss-reactive ketones (excluding diaryl/α,β-unsaturated/α-hetero) is 1. The lowest BCUT2D eigenvalue weighted by Gasteiger charge is -2.39. The van der Waals surface area contributed by atoms with E-state index in [0.29, 0.717) is 0 Å². The fraction of sp³-hybridized carbons (Fsp3) is 0.929. The van der Waals surface area contributed by atoms with Crippen molar-refractivity contribution in [3.05, 3.63) is 0 Å². The molecule has 0 amide bonds. The van der Waals surface area contributed by atoms with E-state index in [1.54, 1.807) is 20.8 Å². The van der Waals surface area contributed by atoms with Gasteiger partial charge in [-0.25, -0.2) is 0 Å². The molecular weight excluding hydrogens is 260 g/mol. The van der Waals surface area contributed by atoms with Gasteiger partial charge in [-0.1, -0.05) is 41.5 Å². The number of carbonyl (C=O) groups is 1. The zero-order valence-corrected chi connectivity index (χ0v) is 14.6.